The van der Waals surface area contributed by atoms with Gasteiger partial charge in [-0.25, -0.2) is 9.97 Å². The molecule has 3 aromatic heterocycles. The second-order valence-corrected chi connectivity index (χ2v) is 14.8. The number of hydrogen-bond donors (Lipinski definition) is 6. The number of anilines is 4. The molecule has 2 aliphatic heterocycles. The Hall–Kier alpha value is -6.23. The van der Waals surface area contributed by atoms with Gasteiger partial charge < -0.3 is 32.9 Å². The second kappa shape index (κ2) is 15.3. The maximum atomic E-state index is 6.15. The Bertz CT molecular complexity index is 2400. The molecule has 0 radical (unpaired) electrons. The van der Waals surface area contributed by atoms with Crippen molar-refractivity contribution in [1.29, 1.82) is 0 Å². The van der Waals surface area contributed by atoms with E-state index in [1.165, 1.54) is 0 Å². The number of nitrogen functional groups attached to an aromatic ring is 4. The Morgan fingerprint density at radius 2 is 0.545 bits per heavy atom. The molecular weight excluding hydrogens is 770 g/mol. The second-order valence-electron chi connectivity index (χ2n) is 13.0. The number of nitrogens with one attached hydrogen (secondary N) is 2. The number of hydrogen-bond acceptors (Lipinski definition) is 6. The van der Waals surface area contributed by atoms with Crippen LogP contribution < -0.4 is 22.9 Å². The van der Waals surface area contributed by atoms with Gasteiger partial charge >= 0.3 is 33.2 Å². The third-order valence-electron chi connectivity index (χ3n) is 9.55. The molecule has 4 aromatic carbocycles. The summed E-state index contributed by atoms with van der Waals surface area (Å²) < 4.78 is 0. The molecule has 11 heteroatoms. The fourth-order valence-electron chi connectivity index (χ4n) is 7.02. The van der Waals surface area contributed by atoms with E-state index in [4.69, 9.17) is 53.2 Å². The molecule has 0 spiro atoms. The third kappa shape index (κ3) is 7.21. The van der Waals surface area contributed by atoms with Gasteiger partial charge in [-0.05, 0) is 119 Å². The predicted octanol–water partition coefficient (Wildman–Crippen LogP) is 11.0. The van der Waals surface area contributed by atoms with Crippen LogP contribution >= 0.6 is 20.3 Å². The van der Waals surface area contributed by atoms with Crippen molar-refractivity contribution in [2.24, 2.45) is 0 Å². The summed E-state index contributed by atoms with van der Waals surface area (Å²) in [7, 11) is 9.47. The molecule has 5 heterocycles. The molecule has 0 unspecified atom stereocenters. The molecule has 2 aliphatic rings. The van der Waals surface area contributed by atoms with Crippen LogP contribution in [0.4, 0.5) is 22.7 Å². The third-order valence-corrected chi connectivity index (χ3v) is 9.55. The molecule has 8 nitrogen and oxygen atoms in total. The monoisotopic (exact) mass is 803 g/mol. The number of aromatic nitrogens is 4. The topological polar surface area (TPSA) is 161 Å². The van der Waals surface area contributed by atoms with Crippen LogP contribution in [0.5, 0.6) is 0 Å². The standard InChI is InChI=1S/C44H34N8.2ClH.Co/c45-29-9-1-25(2-10-29)41-33-17-19-35(49-33)42(26-3-11-30(46)12-4-26)37-21-23-39(51-37)44(28-7-15-32(48)16-8-28)40-24-22-38(52-40)43(36-20-18-34(41)50-36)27-5-13-31(47)14-6-27;;;/h1-24,49,52H,45-48H2;2*1H;/q;;;+2/p-2. The molecule has 0 amide bonds. The fourth-order valence-corrected chi connectivity index (χ4v) is 7.02. The molecule has 10 N–H and O–H groups in total. The molecule has 0 aliphatic carbocycles. The summed E-state index contributed by atoms with van der Waals surface area (Å²) in [5.74, 6) is 0. The van der Waals surface area contributed by atoms with Crippen LogP contribution in [0.1, 0.15) is 22.8 Å². The average molecular weight is 805 g/mol. The Labute approximate surface area is 332 Å². The van der Waals surface area contributed by atoms with Gasteiger partial charge in [0.15, 0.2) is 0 Å². The molecule has 273 valence electrons. The quantitative estimate of drug-likeness (QED) is 0.0971. The molecule has 9 rings (SSSR count). The number of halogens is 2. The summed E-state index contributed by atoms with van der Waals surface area (Å²) in [5.41, 5.74) is 41.9. The molecule has 55 heavy (non-hydrogen) atoms. The van der Waals surface area contributed by atoms with Crippen molar-refractivity contribution in [3.05, 3.63) is 144 Å². The molecule has 0 atom stereocenters. The minimum absolute atomic E-state index is 0.382. The van der Waals surface area contributed by atoms with Gasteiger partial charge in [0.1, 0.15) is 0 Å². The van der Waals surface area contributed by atoms with Gasteiger partial charge in [0.05, 0.1) is 22.8 Å². The Morgan fingerprint density at radius 1 is 0.345 bits per heavy atom. The summed E-state index contributed by atoms with van der Waals surface area (Å²) in [6.45, 7) is 0. The van der Waals surface area contributed by atoms with Gasteiger partial charge in [0.2, 0.25) is 0 Å². The van der Waals surface area contributed by atoms with E-state index in [2.05, 4.69) is 58.5 Å². The Balaban J connectivity index is 0.00000138. The van der Waals surface area contributed by atoms with Crippen LogP contribution in [0.15, 0.2) is 121 Å². The van der Waals surface area contributed by atoms with Crippen molar-refractivity contribution in [2.45, 2.75) is 0 Å². The zero-order valence-electron chi connectivity index (χ0n) is 29.1. The van der Waals surface area contributed by atoms with Crippen molar-refractivity contribution < 1.29 is 12.9 Å². The first kappa shape index (κ1) is 35.8. The molecule has 8 bridgehead atoms. The minimum atomic E-state index is 0.382. The van der Waals surface area contributed by atoms with Crippen LogP contribution in [-0.2, 0) is 12.9 Å². The van der Waals surface area contributed by atoms with Gasteiger partial charge in [0.25, 0.3) is 0 Å². The Kier molecular flexibility index (Phi) is 9.92. The molecule has 0 saturated heterocycles. The maximum absolute atomic E-state index is 6.15. The van der Waals surface area contributed by atoms with Crippen LogP contribution in [0.3, 0.4) is 0 Å². The van der Waals surface area contributed by atoms with Gasteiger partial charge in [-0.15, -0.1) is 0 Å². The normalized spacial score (nSPS) is 11.7. The zero-order chi connectivity index (χ0) is 38.1. The summed E-state index contributed by atoms with van der Waals surface area (Å²) in [4.78, 5) is 18.2. The number of nitrogens with zero attached hydrogens (tertiary/aromatic N) is 2. The summed E-state index contributed by atoms with van der Waals surface area (Å²) >= 11 is 0.382. The van der Waals surface area contributed by atoms with Crippen LogP contribution in [0.25, 0.3) is 90.9 Å². The number of rotatable bonds is 4. The van der Waals surface area contributed by atoms with Crippen LogP contribution in [-0.4, -0.2) is 19.9 Å². The van der Waals surface area contributed by atoms with E-state index in [1.807, 2.05) is 97.1 Å². The molecule has 0 saturated carbocycles. The number of nitrogens with two attached hydrogens (primary N) is 4. The van der Waals surface area contributed by atoms with Gasteiger partial charge in [-0.2, -0.15) is 0 Å². The summed E-state index contributed by atoms with van der Waals surface area (Å²) in [6, 6.07) is 40.0. The average Bonchev–Trinajstić information content (AvgIpc) is 4.03. The van der Waals surface area contributed by atoms with Crippen molar-refractivity contribution >= 4 is 89.4 Å². The summed E-state index contributed by atoms with van der Waals surface area (Å²) in [5, 5.41) is 0. The van der Waals surface area contributed by atoms with Crippen molar-refractivity contribution in [3.8, 4) is 44.5 Å². The number of H-pyrrole nitrogens is 2. The van der Waals surface area contributed by atoms with E-state index in [-0.39, 0.29) is 0 Å². The zero-order valence-corrected chi connectivity index (χ0v) is 31.7. The van der Waals surface area contributed by atoms with Crippen molar-refractivity contribution in [3.63, 3.8) is 0 Å². The van der Waals surface area contributed by atoms with E-state index in [0.29, 0.717) is 35.6 Å². The van der Waals surface area contributed by atoms with E-state index in [9.17, 15) is 0 Å². The van der Waals surface area contributed by atoms with E-state index < -0.39 is 0 Å². The van der Waals surface area contributed by atoms with Crippen LogP contribution in [0, 0.1) is 0 Å². The van der Waals surface area contributed by atoms with E-state index >= 15 is 0 Å². The summed E-state index contributed by atoms with van der Waals surface area (Å²) in [6.07, 6.45) is 8.29. The first-order chi connectivity index (χ1) is 26.8. The number of aromatic amines is 2. The van der Waals surface area contributed by atoms with Crippen molar-refractivity contribution in [1.82, 2.24) is 19.9 Å². The first-order valence-electron chi connectivity index (χ1n) is 17.2. The van der Waals surface area contributed by atoms with Gasteiger partial charge in [-0.3, -0.25) is 0 Å². The van der Waals surface area contributed by atoms with Gasteiger partial charge in [-0.1, -0.05) is 48.5 Å². The fraction of sp³-hybridized carbons (Fsp3) is 0. The van der Waals surface area contributed by atoms with Crippen LogP contribution in [0.2, 0.25) is 0 Å². The number of benzene rings is 4. The van der Waals surface area contributed by atoms with E-state index in [0.717, 1.165) is 89.4 Å². The SMILES string of the molecule is Nc1ccc(-c2c3nc(c(-c4ccc(N)cc4)c4ccc([nH]4)c(-c4ccc(N)cc4)c4nc(c(-c5ccc(N)cc5)c5ccc2[nH]5)C=C4)C=C3)cc1.[Cl][Co][Cl]. The first-order valence-corrected chi connectivity index (χ1v) is 20.1. The molecular formula is C44H34Cl2CoN8. The number of fused-ring (bicyclic) bond motifs is 8. The van der Waals surface area contributed by atoms with Crippen molar-refractivity contribution in [2.75, 3.05) is 22.9 Å². The van der Waals surface area contributed by atoms with Gasteiger partial charge in [0, 0.05) is 67.1 Å². The molecule has 7 aromatic rings. The Morgan fingerprint density at radius 3 is 0.745 bits per heavy atom. The molecule has 0 fully saturated rings. The predicted molar refractivity (Wildman–Crippen MR) is 230 cm³/mol. The van der Waals surface area contributed by atoms with E-state index in [1.54, 1.807) is 0 Å².